The summed E-state index contributed by atoms with van der Waals surface area (Å²) in [6.45, 7) is 2.73. The number of rotatable bonds is 6. The molecule has 150 valence electrons. The third-order valence-corrected chi connectivity index (χ3v) is 5.71. The molecule has 7 nitrogen and oxygen atoms in total. The molecule has 2 heterocycles. The molecule has 2 aromatic carbocycles. The number of nitrogens with one attached hydrogen (secondary N) is 1. The number of amides is 1. The van der Waals surface area contributed by atoms with Gasteiger partial charge in [-0.3, -0.25) is 10.1 Å². The smallest absolute Gasteiger partial charge is 0.229 e. The van der Waals surface area contributed by atoms with Crippen LogP contribution in [0.5, 0.6) is 11.5 Å². The van der Waals surface area contributed by atoms with Gasteiger partial charge in [0.1, 0.15) is 12.9 Å². The molecular weight excluding hydrogens is 507 g/mol. The maximum absolute atomic E-state index is 12.1. The molecule has 0 fully saturated rings. The highest BCUT2D eigenvalue weighted by Gasteiger charge is 2.29. The van der Waals surface area contributed by atoms with Crippen LogP contribution in [-0.2, 0) is 11.4 Å². The Morgan fingerprint density at radius 1 is 1.31 bits per heavy atom. The van der Waals surface area contributed by atoms with E-state index >= 15 is 0 Å². The molecule has 3 aromatic rings. The second-order valence-corrected chi connectivity index (χ2v) is 8.01. The molecule has 1 amide bonds. The van der Waals surface area contributed by atoms with E-state index in [1.165, 1.54) is 6.33 Å². The third kappa shape index (κ3) is 4.18. The minimum Gasteiger partial charge on any atom is -0.490 e. The first-order valence-electron chi connectivity index (χ1n) is 9.08. The molecule has 1 aliphatic rings. The number of hydrogen-bond acceptors (Lipinski definition) is 5. The van der Waals surface area contributed by atoms with Gasteiger partial charge in [0.25, 0.3) is 0 Å². The standard InChI is InChI=1S/C20H18ClIN4O3/c1-2-28-17-8-13(16-9-18(27)25-20-23-11-24-26(16)20)7-15(22)19(17)29-10-12-5-3-4-6-14(12)21/h3-8,11,16H,2,9-10H2,1H3,(H,23,24,25,27)/t16-/m0/s1. The van der Waals surface area contributed by atoms with Crippen molar-refractivity contribution in [1.82, 2.24) is 14.8 Å². The van der Waals surface area contributed by atoms with Gasteiger partial charge >= 0.3 is 0 Å². The van der Waals surface area contributed by atoms with Gasteiger partial charge < -0.3 is 9.47 Å². The van der Waals surface area contributed by atoms with Gasteiger partial charge in [-0.1, -0.05) is 29.8 Å². The van der Waals surface area contributed by atoms with Crippen molar-refractivity contribution in [2.24, 2.45) is 0 Å². The predicted octanol–water partition coefficient (Wildman–Crippen LogP) is 4.45. The number of aromatic nitrogens is 3. The van der Waals surface area contributed by atoms with E-state index in [4.69, 9.17) is 21.1 Å². The summed E-state index contributed by atoms with van der Waals surface area (Å²) < 4.78 is 14.5. The fourth-order valence-corrected chi connectivity index (χ4v) is 4.18. The summed E-state index contributed by atoms with van der Waals surface area (Å²) in [5.74, 6) is 1.62. The third-order valence-electron chi connectivity index (χ3n) is 4.54. The number of hydrogen-bond donors (Lipinski definition) is 1. The Morgan fingerprint density at radius 3 is 2.93 bits per heavy atom. The summed E-state index contributed by atoms with van der Waals surface area (Å²) in [6, 6.07) is 11.2. The van der Waals surface area contributed by atoms with Crippen molar-refractivity contribution in [3.8, 4) is 11.5 Å². The van der Waals surface area contributed by atoms with Crippen LogP contribution >= 0.6 is 34.2 Å². The summed E-state index contributed by atoms with van der Waals surface area (Å²) in [7, 11) is 0. The van der Waals surface area contributed by atoms with Crippen molar-refractivity contribution in [3.05, 3.63) is 62.4 Å². The Kier molecular flexibility index (Phi) is 5.91. The van der Waals surface area contributed by atoms with E-state index in [1.54, 1.807) is 4.68 Å². The first-order chi connectivity index (χ1) is 14.1. The average molecular weight is 525 g/mol. The topological polar surface area (TPSA) is 78.3 Å². The maximum Gasteiger partial charge on any atom is 0.229 e. The Labute approximate surface area is 186 Å². The first kappa shape index (κ1) is 20.0. The lowest BCUT2D eigenvalue weighted by Crippen LogP contribution is -2.29. The molecule has 29 heavy (non-hydrogen) atoms. The van der Waals surface area contributed by atoms with Crippen molar-refractivity contribution in [1.29, 1.82) is 0 Å². The Balaban J connectivity index is 1.67. The van der Waals surface area contributed by atoms with Crippen LogP contribution in [0.3, 0.4) is 0 Å². The summed E-state index contributed by atoms with van der Waals surface area (Å²) in [6.07, 6.45) is 1.71. The number of anilines is 1. The van der Waals surface area contributed by atoms with E-state index in [9.17, 15) is 4.79 Å². The van der Waals surface area contributed by atoms with Gasteiger partial charge in [0.2, 0.25) is 11.9 Å². The van der Waals surface area contributed by atoms with Gasteiger partial charge in [0, 0.05) is 10.6 Å². The lowest BCUT2D eigenvalue weighted by molar-refractivity contribution is -0.117. The summed E-state index contributed by atoms with van der Waals surface area (Å²) in [4.78, 5) is 16.2. The van der Waals surface area contributed by atoms with Crippen LogP contribution in [0.1, 0.15) is 30.5 Å². The summed E-state index contributed by atoms with van der Waals surface area (Å²) in [5.41, 5.74) is 1.80. The van der Waals surface area contributed by atoms with Crippen molar-refractivity contribution in [2.45, 2.75) is 26.0 Å². The zero-order valence-corrected chi connectivity index (χ0v) is 18.5. The molecule has 0 unspecified atom stereocenters. The molecule has 0 saturated carbocycles. The molecule has 0 aliphatic carbocycles. The summed E-state index contributed by atoms with van der Waals surface area (Å²) in [5, 5.41) is 7.65. The van der Waals surface area contributed by atoms with Crippen molar-refractivity contribution >= 4 is 46.0 Å². The second-order valence-electron chi connectivity index (χ2n) is 6.44. The monoisotopic (exact) mass is 524 g/mol. The van der Waals surface area contributed by atoms with Crippen LogP contribution in [-0.4, -0.2) is 27.3 Å². The van der Waals surface area contributed by atoms with Gasteiger partial charge in [-0.05, 0) is 53.3 Å². The van der Waals surface area contributed by atoms with E-state index in [-0.39, 0.29) is 18.4 Å². The van der Waals surface area contributed by atoms with E-state index < -0.39 is 0 Å². The predicted molar refractivity (Wildman–Crippen MR) is 118 cm³/mol. The highest BCUT2D eigenvalue weighted by Crippen LogP contribution is 2.39. The summed E-state index contributed by atoms with van der Waals surface area (Å²) >= 11 is 8.46. The van der Waals surface area contributed by atoms with Gasteiger partial charge in [-0.15, -0.1) is 0 Å². The average Bonchev–Trinajstić information content (AvgIpc) is 3.16. The van der Waals surface area contributed by atoms with Crippen molar-refractivity contribution < 1.29 is 14.3 Å². The molecule has 0 radical (unpaired) electrons. The van der Waals surface area contributed by atoms with Gasteiger partial charge in [-0.2, -0.15) is 10.1 Å². The number of ether oxygens (including phenoxy) is 2. The Hall–Kier alpha value is -2.33. The molecular formula is C20H18ClIN4O3. The number of benzene rings is 2. The van der Waals surface area contributed by atoms with Crippen LogP contribution in [0.4, 0.5) is 5.95 Å². The lowest BCUT2D eigenvalue weighted by Gasteiger charge is -2.25. The van der Waals surface area contributed by atoms with Crippen LogP contribution in [0, 0.1) is 3.57 Å². The molecule has 1 atom stereocenters. The zero-order chi connectivity index (χ0) is 20.4. The van der Waals surface area contributed by atoms with E-state index in [0.29, 0.717) is 35.7 Å². The maximum atomic E-state index is 12.1. The van der Waals surface area contributed by atoms with E-state index in [2.05, 4.69) is 38.0 Å². The quantitative estimate of drug-likeness (QED) is 0.482. The number of carbonyl (C=O) groups is 1. The Bertz CT molecular complexity index is 1060. The van der Waals surface area contributed by atoms with Crippen molar-refractivity contribution in [2.75, 3.05) is 11.9 Å². The Morgan fingerprint density at radius 2 is 2.14 bits per heavy atom. The van der Waals surface area contributed by atoms with Crippen LogP contribution < -0.4 is 14.8 Å². The number of carbonyl (C=O) groups excluding carboxylic acids is 1. The van der Waals surface area contributed by atoms with Crippen LogP contribution in [0.15, 0.2) is 42.7 Å². The molecule has 0 spiro atoms. The minimum absolute atomic E-state index is 0.0949. The SMILES string of the molecule is CCOc1cc([C@@H]2CC(=O)Nc3ncnn32)cc(I)c1OCc1ccccc1Cl. The second kappa shape index (κ2) is 8.58. The first-order valence-corrected chi connectivity index (χ1v) is 10.5. The molecule has 4 rings (SSSR count). The lowest BCUT2D eigenvalue weighted by atomic mass is 10.0. The molecule has 1 N–H and O–H groups in total. The number of nitrogens with zero attached hydrogens (tertiary/aromatic N) is 3. The normalized spacial score (nSPS) is 15.6. The van der Waals surface area contributed by atoms with Crippen LogP contribution in [0.2, 0.25) is 5.02 Å². The fourth-order valence-electron chi connectivity index (χ4n) is 3.21. The highest BCUT2D eigenvalue weighted by molar-refractivity contribution is 14.1. The van der Waals surface area contributed by atoms with E-state index in [1.807, 2.05) is 43.3 Å². The van der Waals surface area contributed by atoms with Gasteiger partial charge in [0.05, 0.1) is 22.6 Å². The van der Waals surface area contributed by atoms with Crippen molar-refractivity contribution in [3.63, 3.8) is 0 Å². The minimum atomic E-state index is -0.258. The number of halogens is 2. The molecule has 9 heteroatoms. The molecule has 1 aromatic heterocycles. The molecule has 1 aliphatic heterocycles. The molecule has 0 bridgehead atoms. The highest BCUT2D eigenvalue weighted by atomic mass is 127. The van der Waals surface area contributed by atoms with Gasteiger partial charge in [0.15, 0.2) is 11.5 Å². The fraction of sp³-hybridized carbons (Fsp3) is 0.250. The number of fused-ring (bicyclic) bond motifs is 1. The van der Waals surface area contributed by atoms with E-state index in [0.717, 1.165) is 14.7 Å². The van der Waals surface area contributed by atoms with Crippen LogP contribution in [0.25, 0.3) is 0 Å². The largest absolute Gasteiger partial charge is 0.490 e. The van der Waals surface area contributed by atoms with Gasteiger partial charge in [-0.25, -0.2) is 4.68 Å². The molecule has 0 saturated heterocycles. The zero-order valence-electron chi connectivity index (χ0n) is 15.6.